The third-order valence-electron chi connectivity index (χ3n) is 4.00. The van der Waals surface area contributed by atoms with Crippen molar-refractivity contribution in [2.45, 2.75) is 4.90 Å². The number of rotatable bonds is 4. The molecule has 1 aliphatic heterocycles. The van der Waals surface area contributed by atoms with Crippen LogP contribution < -0.4 is 4.74 Å². The Bertz CT molecular complexity index is 882. The molecule has 2 aromatic rings. The molecule has 0 atom stereocenters. The average Bonchev–Trinajstić information content (AvgIpc) is 2.62. The molecule has 134 valence electrons. The number of halogens is 2. The molecule has 1 saturated heterocycles. The second-order valence-corrected chi connectivity index (χ2v) is 7.85. The number of hydrogen-bond acceptors (Lipinski definition) is 4. The molecule has 0 spiro atoms. The first-order valence-electron chi connectivity index (χ1n) is 7.65. The zero-order valence-electron chi connectivity index (χ0n) is 13.5. The second-order valence-electron chi connectivity index (χ2n) is 5.50. The van der Waals surface area contributed by atoms with Crippen molar-refractivity contribution in [2.75, 3.05) is 33.4 Å². The SMILES string of the molecule is COc1cc(S(=O)(=O)N2CCOCC2)ccc1-c1ccc(F)cc1Cl. The Morgan fingerprint density at radius 3 is 2.44 bits per heavy atom. The summed E-state index contributed by atoms with van der Waals surface area (Å²) < 4.78 is 50.7. The fraction of sp³-hybridized carbons (Fsp3) is 0.294. The number of nitrogens with zero attached hydrogens (tertiary/aromatic N) is 1. The maximum Gasteiger partial charge on any atom is 0.243 e. The number of benzene rings is 2. The van der Waals surface area contributed by atoms with Crippen LogP contribution in [0.1, 0.15) is 0 Å². The second kappa shape index (κ2) is 7.29. The molecule has 1 heterocycles. The third kappa shape index (κ3) is 3.64. The zero-order chi connectivity index (χ0) is 18.0. The molecule has 3 rings (SSSR count). The van der Waals surface area contributed by atoms with Gasteiger partial charge in [0.25, 0.3) is 0 Å². The van der Waals surface area contributed by atoms with E-state index in [1.807, 2.05) is 0 Å². The van der Waals surface area contributed by atoms with Gasteiger partial charge in [-0.3, -0.25) is 0 Å². The number of morpholine rings is 1. The van der Waals surface area contributed by atoms with E-state index in [4.69, 9.17) is 21.1 Å². The lowest BCUT2D eigenvalue weighted by Crippen LogP contribution is -2.40. The van der Waals surface area contributed by atoms with Gasteiger partial charge in [-0.15, -0.1) is 0 Å². The highest BCUT2D eigenvalue weighted by Gasteiger charge is 2.27. The summed E-state index contributed by atoms with van der Waals surface area (Å²) in [5.74, 6) is -0.0953. The van der Waals surface area contributed by atoms with Crippen LogP contribution in [0.25, 0.3) is 11.1 Å². The molecule has 0 aliphatic carbocycles. The summed E-state index contributed by atoms with van der Waals surface area (Å²) in [6.07, 6.45) is 0. The van der Waals surface area contributed by atoms with Crippen molar-refractivity contribution in [2.24, 2.45) is 0 Å². The molecule has 1 aliphatic rings. The van der Waals surface area contributed by atoms with Crippen LogP contribution in [0, 0.1) is 5.82 Å². The first-order valence-corrected chi connectivity index (χ1v) is 9.46. The molecule has 0 bridgehead atoms. The fourth-order valence-corrected chi connectivity index (χ4v) is 4.39. The van der Waals surface area contributed by atoms with E-state index < -0.39 is 15.8 Å². The lowest BCUT2D eigenvalue weighted by Gasteiger charge is -2.26. The van der Waals surface area contributed by atoms with Gasteiger partial charge in [0.05, 0.1) is 30.2 Å². The maximum absolute atomic E-state index is 13.3. The van der Waals surface area contributed by atoms with Crippen LogP contribution in [-0.2, 0) is 14.8 Å². The van der Waals surface area contributed by atoms with Gasteiger partial charge in [-0.1, -0.05) is 11.6 Å². The van der Waals surface area contributed by atoms with E-state index in [9.17, 15) is 12.8 Å². The summed E-state index contributed by atoms with van der Waals surface area (Å²) in [6.45, 7) is 1.38. The van der Waals surface area contributed by atoms with Gasteiger partial charge >= 0.3 is 0 Å². The van der Waals surface area contributed by atoms with Crippen LogP contribution in [-0.4, -0.2) is 46.1 Å². The van der Waals surface area contributed by atoms with Crippen LogP contribution in [0.15, 0.2) is 41.3 Å². The Hall–Kier alpha value is -1.67. The Labute approximate surface area is 151 Å². The molecule has 2 aromatic carbocycles. The van der Waals surface area contributed by atoms with Crippen LogP contribution in [0.5, 0.6) is 5.75 Å². The summed E-state index contributed by atoms with van der Waals surface area (Å²) in [5.41, 5.74) is 1.16. The molecule has 8 heteroatoms. The molecule has 5 nitrogen and oxygen atoms in total. The minimum absolute atomic E-state index is 0.133. The molecular weight excluding hydrogens is 369 g/mol. The molecule has 0 aromatic heterocycles. The number of hydrogen-bond donors (Lipinski definition) is 0. The highest BCUT2D eigenvalue weighted by Crippen LogP contribution is 2.37. The Balaban J connectivity index is 2.02. The van der Waals surface area contributed by atoms with Crippen molar-refractivity contribution in [3.8, 4) is 16.9 Å². The normalized spacial score (nSPS) is 16.0. The Kier molecular flexibility index (Phi) is 5.29. The molecular formula is C17H17ClFNO4S. The molecule has 25 heavy (non-hydrogen) atoms. The third-order valence-corrected chi connectivity index (χ3v) is 6.21. The van der Waals surface area contributed by atoms with Crippen LogP contribution >= 0.6 is 11.6 Å². The van der Waals surface area contributed by atoms with Crippen molar-refractivity contribution in [3.63, 3.8) is 0 Å². The van der Waals surface area contributed by atoms with Gasteiger partial charge in [0.1, 0.15) is 11.6 Å². The van der Waals surface area contributed by atoms with Gasteiger partial charge in [-0.25, -0.2) is 12.8 Å². The van der Waals surface area contributed by atoms with E-state index in [0.29, 0.717) is 43.2 Å². The molecule has 0 N–H and O–H groups in total. The molecule has 0 radical (unpaired) electrons. The number of ether oxygens (including phenoxy) is 2. The Morgan fingerprint density at radius 1 is 1.12 bits per heavy atom. The quantitative estimate of drug-likeness (QED) is 0.811. The first kappa shape index (κ1) is 18.1. The average molecular weight is 386 g/mol. The van der Waals surface area contributed by atoms with Crippen molar-refractivity contribution in [1.82, 2.24) is 4.31 Å². The van der Waals surface area contributed by atoms with E-state index in [1.165, 1.54) is 41.7 Å². The first-order chi connectivity index (χ1) is 11.9. The van der Waals surface area contributed by atoms with Gasteiger partial charge in [0.2, 0.25) is 10.0 Å². The molecule has 0 unspecified atom stereocenters. The summed E-state index contributed by atoms with van der Waals surface area (Å²) in [4.78, 5) is 0.133. The predicted octanol–water partition coefficient (Wildman–Crippen LogP) is 3.18. The van der Waals surface area contributed by atoms with Crippen LogP contribution in [0.4, 0.5) is 4.39 Å². The van der Waals surface area contributed by atoms with Gasteiger partial charge in [-0.05, 0) is 30.3 Å². The zero-order valence-corrected chi connectivity index (χ0v) is 15.1. The minimum Gasteiger partial charge on any atom is -0.496 e. The molecule has 1 fully saturated rings. The lowest BCUT2D eigenvalue weighted by molar-refractivity contribution is 0.0730. The van der Waals surface area contributed by atoms with Gasteiger partial charge in [0.15, 0.2) is 0 Å². The highest BCUT2D eigenvalue weighted by molar-refractivity contribution is 7.89. The maximum atomic E-state index is 13.3. The molecule has 0 saturated carbocycles. The van der Waals surface area contributed by atoms with Crippen LogP contribution in [0.3, 0.4) is 0 Å². The van der Waals surface area contributed by atoms with E-state index >= 15 is 0 Å². The molecule has 0 amide bonds. The van der Waals surface area contributed by atoms with E-state index in [-0.39, 0.29) is 9.92 Å². The summed E-state index contributed by atoms with van der Waals surface area (Å²) in [6, 6.07) is 8.60. The minimum atomic E-state index is -3.63. The standard InChI is InChI=1S/C17H17ClFNO4S/c1-23-17-11-13(25(21,22)20-6-8-24-9-7-20)3-5-15(17)14-4-2-12(19)10-16(14)18/h2-5,10-11H,6-9H2,1H3. The summed E-state index contributed by atoms with van der Waals surface area (Å²) >= 11 is 6.11. The van der Waals surface area contributed by atoms with Crippen molar-refractivity contribution in [1.29, 1.82) is 0 Å². The highest BCUT2D eigenvalue weighted by atomic mass is 35.5. The smallest absolute Gasteiger partial charge is 0.243 e. The van der Waals surface area contributed by atoms with Crippen molar-refractivity contribution < 1.29 is 22.3 Å². The monoisotopic (exact) mass is 385 g/mol. The van der Waals surface area contributed by atoms with Gasteiger partial charge < -0.3 is 9.47 Å². The summed E-state index contributed by atoms with van der Waals surface area (Å²) in [5, 5.41) is 0.224. The lowest BCUT2D eigenvalue weighted by atomic mass is 10.0. The van der Waals surface area contributed by atoms with E-state index in [1.54, 1.807) is 6.07 Å². The largest absolute Gasteiger partial charge is 0.496 e. The van der Waals surface area contributed by atoms with Crippen LogP contribution in [0.2, 0.25) is 5.02 Å². The predicted molar refractivity (Wildman–Crippen MR) is 93.0 cm³/mol. The van der Waals surface area contributed by atoms with E-state index in [2.05, 4.69) is 0 Å². The Morgan fingerprint density at radius 2 is 1.80 bits per heavy atom. The van der Waals surface area contributed by atoms with Gasteiger partial charge in [0, 0.05) is 30.3 Å². The van der Waals surface area contributed by atoms with Gasteiger partial charge in [-0.2, -0.15) is 4.31 Å². The summed E-state index contributed by atoms with van der Waals surface area (Å²) in [7, 11) is -2.18. The number of sulfonamides is 1. The fourth-order valence-electron chi connectivity index (χ4n) is 2.70. The van der Waals surface area contributed by atoms with Crippen molar-refractivity contribution in [3.05, 3.63) is 47.2 Å². The topological polar surface area (TPSA) is 55.8 Å². The number of methoxy groups -OCH3 is 1. The van der Waals surface area contributed by atoms with Crippen molar-refractivity contribution >= 4 is 21.6 Å². The van der Waals surface area contributed by atoms with E-state index in [0.717, 1.165) is 0 Å².